The summed E-state index contributed by atoms with van der Waals surface area (Å²) in [7, 11) is 0. The first kappa shape index (κ1) is 9.06. The van der Waals surface area contributed by atoms with Crippen LogP contribution in [0.1, 0.15) is 18.9 Å². The maximum atomic E-state index is 11.4. The van der Waals surface area contributed by atoms with Gasteiger partial charge in [-0.15, -0.1) is 0 Å². The number of rotatable bonds is 2. The van der Waals surface area contributed by atoms with Gasteiger partial charge in [0.15, 0.2) is 0 Å². The first-order valence-corrected chi connectivity index (χ1v) is 4.73. The van der Waals surface area contributed by atoms with Gasteiger partial charge in [-0.2, -0.15) is 0 Å². The van der Waals surface area contributed by atoms with Crippen molar-refractivity contribution in [3.05, 3.63) is 29.8 Å². The van der Waals surface area contributed by atoms with Gasteiger partial charge in [0.1, 0.15) is 0 Å². The zero-order valence-corrected chi connectivity index (χ0v) is 8.16. The summed E-state index contributed by atoms with van der Waals surface area (Å²) in [6, 6.07) is 7.41. The van der Waals surface area contributed by atoms with Crippen molar-refractivity contribution in [2.45, 2.75) is 18.8 Å². The third-order valence-corrected chi connectivity index (χ3v) is 3.17. The van der Waals surface area contributed by atoms with E-state index in [4.69, 9.17) is 11.5 Å². The lowest BCUT2D eigenvalue weighted by Crippen LogP contribution is -2.30. The van der Waals surface area contributed by atoms with Crippen molar-refractivity contribution in [1.82, 2.24) is 0 Å². The van der Waals surface area contributed by atoms with Crippen molar-refractivity contribution in [2.24, 2.45) is 11.7 Å². The second-order valence-corrected chi connectivity index (χ2v) is 4.06. The Kier molecular flexibility index (Phi) is 1.77. The van der Waals surface area contributed by atoms with Crippen LogP contribution in [-0.4, -0.2) is 5.91 Å². The average Bonchev–Trinajstić information content (AvgIpc) is 2.80. The van der Waals surface area contributed by atoms with E-state index in [1.165, 1.54) is 0 Å². The number of carbonyl (C=O) groups is 1. The molecular weight excluding hydrogens is 176 g/mol. The number of nitrogens with two attached hydrogens (primary N) is 2. The molecule has 3 nitrogen and oxygen atoms in total. The molecule has 1 aliphatic carbocycles. The van der Waals surface area contributed by atoms with E-state index in [1.54, 1.807) is 0 Å². The molecule has 1 saturated carbocycles. The third kappa shape index (κ3) is 1.09. The fourth-order valence-corrected chi connectivity index (χ4v) is 2.09. The van der Waals surface area contributed by atoms with Crippen LogP contribution >= 0.6 is 0 Å². The van der Waals surface area contributed by atoms with E-state index in [0.717, 1.165) is 12.0 Å². The highest BCUT2D eigenvalue weighted by atomic mass is 16.1. The number of primary amides is 1. The molecule has 1 aromatic carbocycles. The normalized spacial score (nSPS) is 29.9. The summed E-state index contributed by atoms with van der Waals surface area (Å²) in [6.45, 7) is 2.04. The van der Waals surface area contributed by atoms with Crippen molar-refractivity contribution in [1.29, 1.82) is 0 Å². The Morgan fingerprint density at radius 1 is 1.43 bits per heavy atom. The zero-order valence-electron chi connectivity index (χ0n) is 8.16. The minimum absolute atomic E-state index is 0.227. The van der Waals surface area contributed by atoms with Crippen LogP contribution in [0.5, 0.6) is 0 Å². The Morgan fingerprint density at radius 3 is 2.29 bits per heavy atom. The molecule has 14 heavy (non-hydrogen) atoms. The first-order valence-electron chi connectivity index (χ1n) is 4.73. The third-order valence-electron chi connectivity index (χ3n) is 3.17. The largest absolute Gasteiger partial charge is 0.399 e. The highest BCUT2D eigenvalue weighted by molar-refractivity contribution is 5.90. The Balaban J connectivity index is 2.39. The van der Waals surface area contributed by atoms with Crippen molar-refractivity contribution < 1.29 is 4.79 Å². The number of nitrogen functional groups attached to an aromatic ring is 1. The molecule has 4 N–H and O–H groups in total. The summed E-state index contributed by atoms with van der Waals surface area (Å²) in [4.78, 5) is 11.4. The van der Waals surface area contributed by atoms with Crippen LogP contribution < -0.4 is 11.5 Å². The number of carbonyl (C=O) groups excluding carboxylic acids is 1. The number of amides is 1. The molecule has 2 unspecified atom stereocenters. The van der Waals surface area contributed by atoms with E-state index < -0.39 is 5.41 Å². The quantitative estimate of drug-likeness (QED) is 0.684. The van der Waals surface area contributed by atoms with Crippen LogP contribution in [0.2, 0.25) is 0 Å². The van der Waals surface area contributed by atoms with E-state index >= 15 is 0 Å². The van der Waals surface area contributed by atoms with Crippen LogP contribution in [0, 0.1) is 5.92 Å². The molecule has 1 fully saturated rings. The summed E-state index contributed by atoms with van der Waals surface area (Å²) in [5, 5.41) is 0. The molecule has 0 aromatic heterocycles. The van der Waals surface area contributed by atoms with Gasteiger partial charge in [0, 0.05) is 5.69 Å². The van der Waals surface area contributed by atoms with Crippen molar-refractivity contribution >= 4 is 11.6 Å². The molecule has 0 bridgehead atoms. The van der Waals surface area contributed by atoms with E-state index in [9.17, 15) is 4.79 Å². The Bertz CT molecular complexity index is 371. The van der Waals surface area contributed by atoms with Gasteiger partial charge in [0.05, 0.1) is 5.41 Å². The SMILES string of the molecule is CC1CC1(C(N)=O)c1ccc(N)cc1. The van der Waals surface area contributed by atoms with Crippen LogP contribution in [0.25, 0.3) is 0 Å². The van der Waals surface area contributed by atoms with Gasteiger partial charge in [-0.05, 0) is 30.0 Å². The fraction of sp³-hybridized carbons (Fsp3) is 0.364. The van der Waals surface area contributed by atoms with Gasteiger partial charge < -0.3 is 11.5 Å². The number of benzene rings is 1. The molecular formula is C11H14N2O. The van der Waals surface area contributed by atoms with E-state index in [-0.39, 0.29) is 5.91 Å². The van der Waals surface area contributed by atoms with Gasteiger partial charge in [0.2, 0.25) is 5.91 Å². The minimum Gasteiger partial charge on any atom is -0.399 e. The van der Waals surface area contributed by atoms with Crippen LogP contribution in [0.3, 0.4) is 0 Å². The lowest BCUT2D eigenvalue weighted by atomic mass is 9.93. The summed E-state index contributed by atoms with van der Waals surface area (Å²) in [5.74, 6) is 0.124. The number of anilines is 1. The highest BCUT2D eigenvalue weighted by Gasteiger charge is 2.57. The minimum atomic E-state index is -0.423. The monoisotopic (exact) mass is 190 g/mol. The summed E-state index contributed by atoms with van der Waals surface area (Å²) in [5.41, 5.74) is 12.3. The molecule has 1 amide bonds. The maximum absolute atomic E-state index is 11.4. The van der Waals surface area contributed by atoms with Gasteiger partial charge >= 0.3 is 0 Å². The van der Waals surface area contributed by atoms with Gasteiger partial charge in [-0.3, -0.25) is 4.79 Å². The van der Waals surface area contributed by atoms with E-state index in [2.05, 4.69) is 0 Å². The molecule has 1 aromatic rings. The van der Waals surface area contributed by atoms with Crippen molar-refractivity contribution in [2.75, 3.05) is 5.73 Å². The average molecular weight is 190 g/mol. The van der Waals surface area contributed by atoms with E-state index in [0.29, 0.717) is 11.6 Å². The van der Waals surface area contributed by atoms with Gasteiger partial charge in [-0.1, -0.05) is 19.1 Å². The van der Waals surface area contributed by atoms with Crippen LogP contribution in [0.4, 0.5) is 5.69 Å². The molecule has 74 valence electrons. The van der Waals surface area contributed by atoms with E-state index in [1.807, 2.05) is 31.2 Å². The number of hydrogen-bond acceptors (Lipinski definition) is 2. The van der Waals surface area contributed by atoms with Crippen LogP contribution in [-0.2, 0) is 10.2 Å². The summed E-state index contributed by atoms with van der Waals surface area (Å²) < 4.78 is 0. The Labute approximate surface area is 83.1 Å². The molecule has 2 rings (SSSR count). The Morgan fingerprint density at radius 2 is 1.93 bits per heavy atom. The molecule has 0 radical (unpaired) electrons. The van der Waals surface area contributed by atoms with Gasteiger partial charge in [0.25, 0.3) is 0 Å². The number of hydrogen-bond donors (Lipinski definition) is 2. The predicted molar refractivity (Wildman–Crippen MR) is 55.5 cm³/mol. The smallest absolute Gasteiger partial charge is 0.228 e. The molecule has 3 heteroatoms. The molecule has 0 aliphatic heterocycles. The molecule has 0 spiro atoms. The predicted octanol–water partition coefficient (Wildman–Crippen LogP) is 1.03. The summed E-state index contributed by atoms with van der Waals surface area (Å²) >= 11 is 0. The Hall–Kier alpha value is -1.51. The van der Waals surface area contributed by atoms with Crippen LogP contribution in [0.15, 0.2) is 24.3 Å². The summed E-state index contributed by atoms with van der Waals surface area (Å²) in [6.07, 6.45) is 0.853. The topological polar surface area (TPSA) is 69.1 Å². The lowest BCUT2D eigenvalue weighted by Gasteiger charge is -2.12. The maximum Gasteiger partial charge on any atom is 0.228 e. The second kappa shape index (κ2) is 2.74. The molecule has 0 saturated heterocycles. The molecule has 0 heterocycles. The van der Waals surface area contributed by atoms with Crippen molar-refractivity contribution in [3.8, 4) is 0 Å². The molecule has 2 atom stereocenters. The fourth-order valence-electron chi connectivity index (χ4n) is 2.09. The lowest BCUT2D eigenvalue weighted by molar-refractivity contribution is -0.120. The standard InChI is InChI=1S/C11H14N2O/c1-7-6-11(7,10(13)14)8-2-4-9(12)5-3-8/h2-5,7H,6,12H2,1H3,(H2,13,14). The second-order valence-electron chi connectivity index (χ2n) is 4.06. The molecule has 1 aliphatic rings. The first-order chi connectivity index (χ1) is 6.57. The van der Waals surface area contributed by atoms with Crippen molar-refractivity contribution in [3.63, 3.8) is 0 Å². The van der Waals surface area contributed by atoms with Gasteiger partial charge in [-0.25, -0.2) is 0 Å². The zero-order chi connectivity index (χ0) is 10.3. The highest BCUT2D eigenvalue weighted by Crippen LogP contribution is 2.53.